The standard InChI is InChI=1S/C14H23F3N2O2S/c1-13(5-2-8-22-13)9-18-12(21)19-6-3-10(4-7-19)11(20)14(15,16)17/h10-11,20H,2-9H2,1H3,(H,18,21)/t11-,13-/m1/s1. The van der Waals surface area contributed by atoms with E-state index in [0.717, 1.165) is 18.6 Å². The van der Waals surface area contributed by atoms with E-state index in [0.29, 0.717) is 6.54 Å². The lowest BCUT2D eigenvalue weighted by Crippen LogP contribution is -2.50. The zero-order chi connectivity index (χ0) is 16.4. The number of thioether (sulfide) groups is 1. The zero-order valence-corrected chi connectivity index (χ0v) is 13.5. The van der Waals surface area contributed by atoms with Gasteiger partial charge in [-0.05, 0) is 44.3 Å². The van der Waals surface area contributed by atoms with Crippen LogP contribution in [-0.2, 0) is 0 Å². The minimum atomic E-state index is -4.58. The van der Waals surface area contributed by atoms with Gasteiger partial charge in [0, 0.05) is 24.4 Å². The molecule has 4 nitrogen and oxygen atoms in total. The van der Waals surface area contributed by atoms with Crippen molar-refractivity contribution in [3.8, 4) is 0 Å². The number of hydrogen-bond donors (Lipinski definition) is 2. The maximum atomic E-state index is 12.5. The molecular formula is C14H23F3N2O2S. The van der Waals surface area contributed by atoms with Gasteiger partial charge in [0.15, 0.2) is 6.10 Å². The third kappa shape index (κ3) is 4.44. The van der Waals surface area contributed by atoms with E-state index in [1.807, 2.05) is 11.8 Å². The van der Waals surface area contributed by atoms with E-state index >= 15 is 0 Å². The van der Waals surface area contributed by atoms with Crippen LogP contribution >= 0.6 is 11.8 Å². The van der Waals surface area contributed by atoms with Crippen molar-refractivity contribution < 1.29 is 23.1 Å². The number of nitrogens with zero attached hydrogens (tertiary/aromatic N) is 1. The second kappa shape index (κ2) is 6.86. The van der Waals surface area contributed by atoms with Gasteiger partial charge in [0.25, 0.3) is 0 Å². The molecule has 0 unspecified atom stereocenters. The van der Waals surface area contributed by atoms with Gasteiger partial charge in [-0.3, -0.25) is 0 Å². The van der Waals surface area contributed by atoms with Crippen molar-refractivity contribution in [3.05, 3.63) is 0 Å². The summed E-state index contributed by atoms with van der Waals surface area (Å²) in [4.78, 5) is 13.6. The van der Waals surface area contributed by atoms with Crippen LogP contribution in [0.3, 0.4) is 0 Å². The maximum Gasteiger partial charge on any atom is 0.414 e. The van der Waals surface area contributed by atoms with Gasteiger partial charge in [-0.25, -0.2) is 4.79 Å². The fourth-order valence-corrected chi connectivity index (χ4v) is 4.28. The van der Waals surface area contributed by atoms with Crippen molar-refractivity contribution in [2.75, 3.05) is 25.4 Å². The number of carbonyl (C=O) groups is 1. The highest BCUT2D eigenvalue weighted by Gasteiger charge is 2.44. The van der Waals surface area contributed by atoms with Gasteiger partial charge in [0.2, 0.25) is 0 Å². The van der Waals surface area contributed by atoms with Crippen LogP contribution in [-0.4, -0.2) is 58.5 Å². The third-order valence-electron chi connectivity index (χ3n) is 4.52. The summed E-state index contributed by atoms with van der Waals surface area (Å²) in [7, 11) is 0. The van der Waals surface area contributed by atoms with Crippen LogP contribution in [0, 0.1) is 5.92 Å². The lowest BCUT2D eigenvalue weighted by Gasteiger charge is -2.35. The van der Waals surface area contributed by atoms with Gasteiger partial charge in [-0.1, -0.05) is 0 Å². The number of nitrogens with one attached hydrogen (secondary N) is 1. The molecule has 0 bridgehead atoms. The molecule has 2 fully saturated rings. The molecule has 22 heavy (non-hydrogen) atoms. The number of aliphatic hydroxyl groups excluding tert-OH is 1. The molecule has 2 amide bonds. The van der Waals surface area contributed by atoms with Crippen molar-refractivity contribution in [3.63, 3.8) is 0 Å². The van der Waals surface area contributed by atoms with Gasteiger partial charge in [0.1, 0.15) is 0 Å². The Hall–Kier alpha value is -0.630. The number of alkyl halides is 3. The smallest absolute Gasteiger partial charge is 0.383 e. The van der Waals surface area contributed by atoms with Crippen LogP contribution in [0.1, 0.15) is 32.6 Å². The Labute approximate surface area is 132 Å². The number of carbonyl (C=O) groups excluding carboxylic acids is 1. The Balaban J connectivity index is 1.75. The molecule has 0 aromatic carbocycles. The van der Waals surface area contributed by atoms with E-state index in [4.69, 9.17) is 0 Å². The molecule has 2 aliphatic heterocycles. The van der Waals surface area contributed by atoms with Crippen LogP contribution in [0.4, 0.5) is 18.0 Å². The fourth-order valence-electron chi connectivity index (χ4n) is 3.04. The molecule has 128 valence electrons. The Morgan fingerprint density at radius 2 is 2.09 bits per heavy atom. The Morgan fingerprint density at radius 1 is 1.45 bits per heavy atom. The number of aliphatic hydroxyl groups is 1. The molecule has 0 aromatic heterocycles. The third-order valence-corrected chi connectivity index (χ3v) is 6.06. The summed E-state index contributed by atoms with van der Waals surface area (Å²) in [6, 6.07) is -0.214. The van der Waals surface area contributed by atoms with Crippen molar-refractivity contribution >= 4 is 17.8 Å². The summed E-state index contributed by atoms with van der Waals surface area (Å²) >= 11 is 1.85. The van der Waals surface area contributed by atoms with Crippen LogP contribution < -0.4 is 5.32 Å². The fraction of sp³-hybridized carbons (Fsp3) is 0.929. The monoisotopic (exact) mass is 340 g/mol. The van der Waals surface area contributed by atoms with E-state index in [9.17, 15) is 23.1 Å². The molecule has 0 spiro atoms. The molecule has 2 heterocycles. The number of likely N-dealkylation sites (tertiary alicyclic amines) is 1. The molecule has 0 saturated carbocycles. The average molecular weight is 340 g/mol. The maximum absolute atomic E-state index is 12.5. The van der Waals surface area contributed by atoms with Crippen LogP contribution in [0.5, 0.6) is 0 Å². The van der Waals surface area contributed by atoms with Gasteiger partial charge in [-0.2, -0.15) is 24.9 Å². The largest absolute Gasteiger partial charge is 0.414 e. The molecule has 0 aliphatic carbocycles. The molecule has 2 N–H and O–H groups in total. The average Bonchev–Trinajstić information content (AvgIpc) is 2.90. The Morgan fingerprint density at radius 3 is 2.59 bits per heavy atom. The number of amides is 2. The lowest BCUT2D eigenvalue weighted by atomic mass is 9.91. The highest BCUT2D eigenvalue weighted by Crippen LogP contribution is 2.37. The molecule has 0 radical (unpaired) electrons. The van der Waals surface area contributed by atoms with E-state index in [1.54, 1.807) is 4.90 Å². The van der Waals surface area contributed by atoms with Crippen LogP contribution in [0.25, 0.3) is 0 Å². The Bertz CT molecular complexity index is 392. The van der Waals surface area contributed by atoms with Crippen LogP contribution in [0.2, 0.25) is 0 Å². The summed E-state index contributed by atoms with van der Waals surface area (Å²) in [6.45, 7) is 3.22. The molecule has 2 saturated heterocycles. The summed E-state index contributed by atoms with van der Waals surface area (Å²) in [5.41, 5.74) is 0. The minimum Gasteiger partial charge on any atom is -0.383 e. The molecule has 2 aliphatic rings. The first-order valence-electron chi connectivity index (χ1n) is 7.63. The number of halogens is 3. The normalized spacial score (nSPS) is 28.7. The first-order chi connectivity index (χ1) is 10.2. The number of piperidine rings is 1. The topological polar surface area (TPSA) is 52.6 Å². The molecular weight excluding hydrogens is 317 g/mol. The van der Waals surface area contributed by atoms with Crippen LogP contribution in [0.15, 0.2) is 0 Å². The van der Waals surface area contributed by atoms with E-state index in [-0.39, 0.29) is 36.7 Å². The summed E-state index contributed by atoms with van der Waals surface area (Å²) in [6.07, 6.45) is -4.29. The second-order valence-corrected chi connectivity index (χ2v) is 8.05. The molecule has 2 atom stereocenters. The SMILES string of the molecule is C[C@]1(CNC(=O)N2CCC([C@@H](O)C(F)(F)F)CC2)CCCS1. The summed E-state index contributed by atoms with van der Waals surface area (Å²) in [5, 5.41) is 12.2. The van der Waals surface area contributed by atoms with Gasteiger partial charge >= 0.3 is 12.2 Å². The predicted molar refractivity (Wildman–Crippen MR) is 79.9 cm³/mol. The van der Waals surface area contributed by atoms with Crippen molar-refractivity contribution in [2.45, 2.75) is 49.6 Å². The quantitative estimate of drug-likeness (QED) is 0.830. The lowest BCUT2D eigenvalue weighted by molar-refractivity contribution is -0.222. The predicted octanol–water partition coefficient (Wildman–Crippen LogP) is 2.62. The summed E-state index contributed by atoms with van der Waals surface area (Å²) < 4.78 is 37.5. The van der Waals surface area contributed by atoms with Gasteiger partial charge in [-0.15, -0.1) is 0 Å². The number of hydrogen-bond acceptors (Lipinski definition) is 3. The van der Waals surface area contributed by atoms with E-state index in [2.05, 4.69) is 12.2 Å². The highest BCUT2D eigenvalue weighted by atomic mass is 32.2. The second-order valence-electron chi connectivity index (χ2n) is 6.37. The number of urea groups is 1. The van der Waals surface area contributed by atoms with Crippen molar-refractivity contribution in [1.82, 2.24) is 10.2 Å². The van der Waals surface area contributed by atoms with E-state index in [1.165, 1.54) is 0 Å². The first-order valence-corrected chi connectivity index (χ1v) is 8.61. The zero-order valence-electron chi connectivity index (χ0n) is 12.7. The highest BCUT2D eigenvalue weighted by molar-refractivity contribution is 8.00. The molecule has 0 aromatic rings. The molecule has 2 rings (SSSR count). The van der Waals surface area contributed by atoms with Crippen molar-refractivity contribution in [2.24, 2.45) is 5.92 Å². The van der Waals surface area contributed by atoms with E-state index < -0.39 is 18.2 Å². The van der Waals surface area contributed by atoms with Crippen molar-refractivity contribution in [1.29, 1.82) is 0 Å². The first kappa shape index (κ1) is 17.7. The molecule has 8 heteroatoms. The van der Waals surface area contributed by atoms with Gasteiger partial charge < -0.3 is 15.3 Å². The van der Waals surface area contributed by atoms with Gasteiger partial charge in [0.05, 0.1) is 0 Å². The minimum absolute atomic E-state index is 0.0699. The summed E-state index contributed by atoms with van der Waals surface area (Å²) in [5.74, 6) is 0.291. The number of rotatable bonds is 3. The Kier molecular flexibility index (Phi) is 5.53.